The second kappa shape index (κ2) is 6.88. The maximum atomic E-state index is 9.66. The van der Waals surface area contributed by atoms with Crippen LogP contribution in [0, 0.1) is 0 Å². The zero-order valence-electron chi connectivity index (χ0n) is 16.1. The van der Waals surface area contributed by atoms with Crippen LogP contribution in [-0.4, -0.2) is 20.5 Å². The fourth-order valence-electron chi connectivity index (χ4n) is 3.73. The van der Waals surface area contributed by atoms with Crippen molar-refractivity contribution in [1.82, 2.24) is 15.4 Å². The van der Waals surface area contributed by atoms with E-state index in [1.165, 1.54) is 0 Å². The molecule has 1 aliphatic rings. The first-order valence-electron chi connectivity index (χ1n) is 9.89. The Morgan fingerprint density at radius 3 is 2.41 bits per heavy atom. The van der Waals surface area contributed by atoms with E-state index in [1.807, 2.05) is 42.5 Å². The highest BCUT2D eigenvalue weighted by molar-refractivity contribution is 5.83. The molecule has 1 saturated carbocycles. The van der Waals surface area contributed by atoms with Gasteiger partial charge in [0.15, 0.2) is 5.76 Å². The van der Waals surface area contributed by atoms with Crippen molar-refractivity contribution in [3.05, 3.63) is 72.1 Å². The quantitative estimate of drug-likeness (QED) is 0.494. The van der Waals surface area contributed by atoms with E-state index >= 15 is 0 Å². The number of rotatable bonds is 6. The zero-order chi connectivity index (χ0) is 19.8. The summed E-state index contributed by atoms with van der Waals surface area (Å²) in [6.07, 6.45) is 3.48. The first kappa shape index (κ1) is 17.7. The topological polar surface area (TPSA) is 85.2 Å². The lowest BCUT2D eigenvalue weighted by atomic mass is 9.92. The van der Waals surface area contributed by atoms with Gasteiger partial charge in [-0.25, -0.2) is 0 Å². The summed E-state index contributed by atoms with van der Waals surface area (Å²) in [5.74, 6) is 2.24. The fourth-order valence-corrected chi connectivity index (χ4v) is 3.73. The minimum absolute atomic E-state index is 0.215. The van der Waals surface area contributed by atoms with Crippen molar-refractivity contribution < 1.29 is 14.0 Å². The summed E-state index contributed by atoms with van der Waals surface area (Å²) in [6.45, 7) is 2.09. The molecule has 5 rings (SSSR count). The van der Waals surface area contributed by atoms with Gasteiger partial charge in [-0.2, -0.15) is 0 Å². The largest absolute Gasteiger partial charge is 0.508 e. The van der Waals surface area contributed by atoms with Crippen molar-refractivity contribution in [1.29, 1.82) is 0 Å². The Bertz CT molecular complexity index is 1130. The fraction of sp³-hybridized carbons (Fsp3) is 0.261. The lowest BCUT2D eigenvalue weighted by molar-refractivity contribution is 0.338. The van der Waals surface area contributed by atoms with Gasteiger partial charge in [-0.15, -0.1) is 10.2 Å². The Hall–Kier alpha value is -3.41. The van der Waals surface area contributed by atoms with Crippen molar-refractivity contribution in [2.45, 2.75) is 38.0 Å². The van der Waals surface area contributed by atoms with Crippen LogP contribution >= 0.6 is 0 Å². The highest BCUT2D eigenvalue weighted by atomic mass is 16.5. The van der Waals surface area contributed by atoms with E-state index in [0.717, 1.165) is 53.8 Å². The Morgan fingerprint density at radius 2 is 1.72 bits per heavy atom. The summed E-state index contributed by atoms with van der Waals surface area (Å²) in [7, 11) is 0. The molecule has 6 heteroatoms. The molecule has 1 fully saturated rings. The van der Waals surface area contributed by atoms with Gasteiger partial charge in [0.1, 0.15) is 16.9 Å². The van der Waals surface area contributed by atoms with Gasteiger partial charge in [0.2, 0.25) is 11.8 Å². The van der Waals surface area contributed by atoms with Gasteiger partial charge >= 0.3 is 0 Å². The molecule has 146 valence electrons. The van der Waals surface area contributed by atoms with Crippen LogP contribution in [0.3, 0.4) is 0 Å². The molecular weight excluding hydrogens is 366 g/mol. The van der Waals surface area contributed by atoms with Crippen LogP contribution in [0.2, 0.25) is 0 Å². The number of hydrogen-bond acceptors (Lipinski definition) is 6. The maximum Gasteiger partial charge on any atom is 0.230 e. The smallest absolute Gasteiger partial charge is 0.230 e. The molecule has 4 aromatic rings. The van der Waals surface area contributed by atoms with E-state index in [1.54, 1.807) is 12.1 Å². The van der Waals surface area contributed by atoms with E-state index in [9.17, 15) is 5.11 Å². The number of phenolic OH excluding ortho intramolecular Hbond substituents is 1. The molecule has 0 bridgehead atoms. The maximum absolute atomic E-state index is 9.66. The Balaban J connectivity index is 1.66. The van der Waals surface area contributed by atoms with E-state index in [-0.39, 0.29) is 5.75 Å². The van der Waals surface area contributed by atoms with Crippen molar-refractivity contribution in [2.24, 2.45) is 0 Å². The number of benzene rings is 2. The van der Waals surface area contributed by atoms with Crippen LogP contribution in [0.1, 0.15) is 43.7 Å². The minimum Gasteiger partial charge on any atom is -0.508 e. The SMILES string of the molecule is CCCc1nnc(C2(c3onc(-c4ccc(O)cc4)c3-c3ccccc3)CC2)o1. The van der Waals surface area contributed by atoms with E-state index in [4.69, 9.17) is 8.94 Å². The Morgan fingerprint density at radius 1 is 0.966 bits per heavy atom. The second-order valence-corrected chi connectivity index (χ2v) is 7.48. The second-order valence-electron chi connectivity index (χ2n) is 7.48. The molecule has 2 heterocycles. The summed E-state index contributed by atoms with van der Waals surface area (Å²) >= 11 is 0. The summed E-state index contributed by atoms with van der Waals surface area (Å²) in [6, 6.07) is 17.1. The molecule has 1 aliphatic carbocycles. The van der Waals surface area contributed by atoms with Gasteiger partial charge < -0.3 is 14.0 Å². The van der Waals surface area contributed by atoms with Crippen molar-refractivity contribution in [2.75, 3.05) is 0 Å². The highest BCUT2D eigenvalue weighted by Gasteiger charge is 2.56. The van der Waals surface area contributed by atoms with Gasteiger partial charge in [0.05, 0.1) is 5.56 Å². The summed E-state index contributed by atoms with van der Waals surface area (Å²) in [5.41, 5.74) is 3.15. The van der Waals surface area contributed by atoms with Crippen LogP contribution in [0.4, 0.5) is 0 Å². The zero-order valence-corrected chi connectivity index (χ0v) is 16.1. The molecule has 0 radical (unpaired) electrons. The first-order valence-corrected chi connectivity index (χ1v) is 9.89. The van der Waals surface area contributed by atoms with E-state index in [0.29, 0.717) is 11.8 Å². The van der Waals surface area contributed by atoms with E-state index in [2.05, 4.69) is 22.3 Å². The molecular formula is C23H21N3O3. The molecule has 0 amide bonds. The van der Waals surface area contributed by atoms with Crippen LogP contribution in [-0.2, 0) is 11.8 Å². The van der Waals surface area contributed by atoms with Gasteiger partial charge in [-0.1, -0.05) is 42.4 Å². The molecule has 2 aromatic heterocycles. The monoisotopic (exact) mass is 387 g/mol. The van der Waals surface area contributed by atoms with Crippen LogP contribution in [0.25, 0.3) is 22.4 Å². The lowest BCUT2D eigenvalue weighted by Crippen LogP contribution is -2.09. The molecule has 1 N–H and O–H groups in total. The number of phenols is 1. The van der Waals surface area contributed by atoms with Crippen molar-refractivity contribution >= 4 is 0 Å². The van der Waals surface area contributed by atoms with Crippen LogP contribution in [0.15, 0.2) is 63.5 Å². The average Bonchev–Trinajstić information content (AvgIpc) is 3.20. The average molecular weight is 387 g/mol. The van der Waals surface area contributed by atoms with Gasteiger partial charge in [-0.3, -0.25) is 0 Å². The van der Waals surface area contributed by atoms with Crippen LogP contribution < -0.4 is 0 Å². The number of aromatic hydroxyl groups is 1. The molecule has 6 nitrogen and oxygen atoms in total. The standard InChI is InChI=1S/C23H21N3O3/c1-2-6-18-24-25-22(28-18)23(13-14-23)21-19(15-7-4-3-5-8-15)20(26-29-21)16-9-11-17(27)12-10-16/h3-5,7-12,27H,2,6,13-14H2,1H3. The molecule has 0 saturated heterocycles. The minimum atomic E-state index is -0.424. The first-order chi connectivity index (χ1) is 14.2. The number of hydrogen-bond donors (Lipinski definition) is 1. The van der Waals surface area contributed by atoms with Gasteiger partial charge in [0.25, 0.3) is 0 Å². The summed E-state index contributed by atoms with van der Waals surface area (Å²) < 4.78 is 11.9. The normalized spacial score (nSPS) is 14.8. The third kappa shape index (κ3) is 3.01. The molecule has 29 heavy (non-hydrogen) atoms. The van der Waals surface area contributed by atoms with Crippen LogP contribution in [0.5, 0.6) is 5.75 Å². The molecule has 2 aromatic carbocycles. The third-order valence-corrected chi connectivity index (χ3v) is 5.42. The third-order valence-electron chi connectivity index (χ3n) is 5.42. The predicted molar refractivity (Wildman–Crippen MR) is 107 cm³/mol. The molecule has 0 atom stereocenters. The molecule has 0 aliphatic heterocycles. The molecule has 0 unspecified atom stereocenters. The summed E-state index contributed by atoms with van der Waals surface area (Å²) in [5, 5.41) is 22.6. The number of aryl methyl sites for hydroxylation is 1. The van der Waals surface area contributed by atoms with Gasteiger partial charge in [-0.05, 0) is 49.1 Å². The predicted octanol–water partition coefficient (Wildman–Crippen LogP) is 5.13. The number of nitrogens with zero attached hydrogens (tertiary/aromatic N) is 3. The lowest BCUT2D eigenvalue weighted by Gasteiger charge is -2.10. The Kier molecular flexibility index (Phi) is 4.19. The highest BCUT2D eigenvalue weighted by Crippen LogP contribution is 2.56. The Labute approximate surface area is 168 Å². The van der Waals surface area contributed by atoms with Gasteiger partial charge in [0, 0.05) is 12.0 Å². The van der Waals surface area contributed by atoms with Crippen molar-refractivity contribution in [3.8, 4) is 28.1 Å². The molecule has 0 spiro atoms. The summed E-state index contributed by atoms with van der Waals surface area (Å²) in [4.78, 5) is 0. The van der Waals surface area contributed by atoms with Crippen molar-refractivity contribution in [3.63, 3.8) is 0 Å². The van der Waals surface area contributed by atoms with E-state index < -0.39 is 5.41 Å². The number of aromatic nitrogens is 3.